The van der Waals surface area contributed by atoms with Crippen LogP contribution in [0.2, 0.25) is 0 Å². The molecule has 0 fully saturated rings. The zero-order chi connectivity index (χ0) is 14.1. The topological polar surface area (TPSA) is 29.1 Å². The Morgan fingerprint density at radius 3 is 2.79 bits per heavy atom. The molecule has 0 bridgehead atoms. The molecule has 0 heterocycles. The molecule has 104 valence electrons. The second kappa shape index (κ2) is 8.52. The molecule has 0 aliphatic rings. The molecule has 0 aromatic heterocycles. The normalized spacial score (nSPS) is 11.2. The fourth-order valence-corrected chi connectivity index (χ4v) is 1.81. The molecule has 0 aliphatic carbocycles. The Morgan fingerprint density at radius 2 is 2.11 bits per heavy atom. The van der Waals surface area contributed by atoms with E-state index in [0.717, 1.165) is 18.4 Å². The summed E-state index contributed by atoms with van der Waals surface area (Å²) in [6.45, 7) is 7.07. The van der Waals surface area contributed by atoms with Crippen molar-refractivity contribution in [2.24, 2.45) is 5.92 Å². The molecule has 1 amide bonds. The lowest BCUT2D eigenvalue weighted by Gasteiger charge is -2.05. The number of carbonyl (C=O) groups excluding carboxylic acids is 1. The van der Waals surface area contributed by atoms with Crippen molar-refractivity contribution in [1.82, 2.24) is 5.32 Å². The summed E-state index contributed by atoms with van der Waals surface area (Å²) in [5.74, 6) is 0.807. The Labute approximate surface area is 116 Å². The lowest BCUT2D eigenvalue weighted by Crippen LogP contribution is -2.22. The largest absolute Gasteiger partial charge is 0.352 e. The summed E-state index contributed by atoms with van der Waals surface area (Å²) in [7, 11) is 0. The molecule has 1 rings (SSSR count). The maximum absolute atomic E-state index is 11.7. The van der Waals surface area contributed by atoms with Gasteiger partial charge < -0.3 is 5.32 Å². The Morgan fingerprint density at radius 1 is 1.32 bits per heavy atom. The second-order valence-electron chi connectivity index (χ2n) is 5.41. The van der Waals surface area contributed by atoms with Crippen molar-refractivity contribution >= 4 is 5.91 Å². The van der Waals surface area contributed by atoms with Gasteiger partial charge in [0.2, 0.25) is 5.91 Å². The molecular weight excluding hydrogens is 234 g/mol. The third kappa shape index (κ3) is 7.45. The SMILES string of the molecule is Cc1cccc(CNC(=O)CC/C=C/CC(C)C)c1. The van der Waals surface area contributed by atoms with E-state index in [4.69, 9.17) is 0 Å². The Bertz CT molecular complexity index is 421. The molecule has 0 radical (unpaired) electrons. The third-order valence-electron chi connectivity index (χ3n) is 2.88. The molecule has 0 atom stereocenters. The average molecular weight is 259 g/mol. The van der Waals surface area contributed by atoms with Crippen LogP contribution < -0.4 is 5.32 Å². The minimum absolute atomic E-state index is 0.121. The molecule has 0 aliphatic heterocycles. The van der Waals surface area contributed by atoms with E-state index < -0.39 is 0 Å². The number of amides is 1. The fourth-order valence-electron chi connectivity index (χ4n) is 1.81. The van der Waals surface area contributed by atoms with Gasteiger partial charge in [0.15, 0.2) is 0 Å². The Hall–Kier alpha value is -1.57. The predicted molar refractivity (Wildman–Crippen MR) is 80.9 cm³/mol. The maximum Gasteiger partial charge on any atom is 0.220 e. The number of aryl methyl sites for hydroxylation is 1. The zero-order valence-electron chi connectivity index (χ0n) is 12.3. The van der Waals surface area contributed by atoms with Crippen LogP contribution in [0.4, 0.5) is 0 Å². The van der Waals surface area contributed by atoms with Crippen LogP contribution in [-0.2, 0) is 11.3 Å². The summed E-state index contributed by atoms with van der Waals surface area (Å²) < 4.78 is 0. The molecule has 2 heteroatoms. The summed E-state index contributed by atoms with van der Waals surface area (Å²) in [4.78, 5) is 11.7. The first-order valence-corrected chi connectivity index (χ1v) is 7.05. The van der Waals surface area contributed by atoms with Crippen molar-refractivity contribution in [1.29, 1.82) is 0 Å². The van der Waals surface area contributed by atoms with E-state index >= 15 is 0 Å². The van der Waals surface area contributed by atoms with Crippen molar-refractivity contribution in [3.8, 4) is 0 Å². The van der Waals surface area contributed by atoms with Gasteiger partial charge in [-0.1, -0.05) is 55.8 Å². The molecular formula is C17H25NO. The van der Waals surface area contributed by atoms with Crippen LogP contribution in [-0.4, -0.2) is 5.91 Å². The first-order chi connectivity index (χ1) is 9.08. The summed E-state index contributed by atoms with van der Waals surface area (Å²) in [5, 5.41) is 2.95. The number of nitrogens with one attached hydrogen (secondary N) is 1. The van der Waals surface area contributed by atoms with Crippen LogP contribution in [0.25, 0.3) is 0 Å². The summed E-state index contributed by atoms with van der Waals surface area (Å²) in [5.41, 5.74) is 2.38. The first-order valence-electron chi connectivity index (χ1n) is 7.05. The van der Waals surface area contributed by atoms with Gasteiger partial charge in [-0.25, -0.2) is 0 Å². The average Bonchev–Trinajstić information content (AvgIpc) is 2.35. The minimum atomic E-state index is 0.121. The van der Waals surface area contributed by atoms with Gasteiger partial charge in [0, 0.05) is 13.0 Å². The highest BCUT2D eigenvalue weighted by Crippen LogP contribution is 2.04. The van der Waals surface area contributed by atoms with E-state index in [9.17, 15) is 4.79 Å². The summed E-state index contributed by atoms with van der Waals surface area (Å²) in [6, 6.07) is 8.22. The predicted octanol–water partition coefficient (Wildman–Crippen LogP) is 3.99. The molecule has 1 N–H and O–H groups in total. The van der Waals surface area contributed by atoms with Gasteiger partial charge in [0.05, 0.1) is 0 Å². The van der Waals surface area contributed by atoms with Crippen LogP contribution in [0.5, 0.6) is 0 Å². The molecule has 0 saturated carbocycles. The van der Waals surface area contributed by atoms with E-state index in [2.05, 4.69) is 50.4 Å². The summed E-state index contributed by atoms with van der Waals surface area (Å²) >= 11 is 0. The molecule has 2 nitrogen and oxygen atoms in total. The van der Waals surface area contributed by atoms with E-state index in [-0.39, 0.29) is 5.91 Å². The number of hydrogen-bond acceptors (Lipinski definition) is 1. The monoisotopic (exact) mass is 259 g/mol. The number of hydrogen-bond donors (Lipinski definition) is 1. The highest BCUT2D eigenvalue weighted by atomic mass is 16.1. The van der Waals surface area contributed by atoms with Gasteiger partial charge in [0.1, 0.15) is 0 Å². The summed E-state index contributed by atoms with van der Waals surface area (Å²) in [6.07, 6.45) is 6.75. The molecule has 1 aromatic carbocycles. The first kappa shape index (κ1) is 15.5. The number of rotatable bonds is 7. The second-order valence-corrected chi connectivity index (χ2v) is 5.41. The van der Waals surface area contributed by atoms with Crippen LogP contribution in [0.15, 0.2) is 36.4 Å². The fraction of sp³-hybridized carbons (Fsp3) is 0.471. The van der Waals surface area contributed by atoms with E-state index in [1.807, 2.05) is 12.1 Å². The number of allylic oxidation sites excluding steroid dienone is 2. The van der Waals surface area contributed by atoms with Crippen LogP contribution in [0.3, 0.4) is 0 Å². The van der Waals surface area contributed by atoms with Crippen molar-refractivity contribution in [3.63, 3.8) is 0 Å². The van der Waals surface area contributed by atoms with E-state index in [0.29, 0.717) is 18.9 Å². The van der Waals surface area contributed by atoms with Crippen LogP contribution in [0.1, 0.15) is 44.2 Å². The highest BCUT2D eigenvalue weighted by Gasteiger charge is 2.00. The molecule has 1 aromatic rings. The minimum Gasteiger partial charge on any atom is -0.352 e. The smallest absolute Gasteiger partial charge is 0.220 e. The van der Waals surface area contributed by atoms with Gasteiger partial charge in [-0.3, -0.25) is 4.79 Å². The molecule has 19 heavy (non-hydrogen) atoms. The Balaban J connectivity index is 2.19. The van der Waals surface area contributed by atoms with Crippen LogP contribution in [0, 0.1) is 12.8 Å². The van der Waals surface area contributed by atoms with Gasteiger partial charge in [0.25, 0.3) is 0 Å². The quantitative estimate of drug-likeness (QED) is 0.737. The zero-order valence-corrected chi connectivity index (χ0v) is 12.3. The van der Waals surface area contributed by atoms with Crippen molar-refractivity contribution < 1.29 is 4.79 Å². The Kier molecular flexibility index (Phi) is 6.94. The van der Waals surface area contributed by atoms with E-state index in [1.54, 1.807) is 0 Å². The molecule has 0 saturated heterocycles. The van der Waals surface area contributed by atoms with E-state index in [1.165, 1.54) is 5.56 Å². The standard InChI is InChI=1S/C17H25NO/c1-14(2)8-5-4-6-11-17(19)18-13-16-10-7-9-15(3)12-16/h4-5,7,9-10,12,14H,6,8,11,13H2,1-3H3,(H,18,19)/b5-4+. The van der Waals surface area contributed by atoms with Gasteiger partial charge in [-0.15, -0.1) is 0 Å². The molecule has 0 spiro atoms. The van der Waals surface area contributed by atoms with Gasteiger partial charge in [-0.05, 0) is 31.2 Å². The number of benzene rings is 1. The lowest BCUT2D eigenvalue weighted by molar-refractivity contribution is -0.121. The van der Waals surface area contributed by atoms with Crippen molar-refractivity contribution in [2.45, 2.75) is 46.6 Å². The third-order valence-corrected chi connectivity index (χ3v) is 2.88. The van der Waals surface area contributed by atoms with Crippen molar-refractivity contribution in [3.05, 3.63) is 47.5 Å². The van der Waals surface area contributed by atoms with Gasteiger partial charge >= 0.3 is 0 Å². The lowest BCUT2D eigenvalue weighted by atomic mass is 10.1. The maximum atomic E-state index is 11.7. The molecule has 0 unspecified atom stereocenters. The number of carbonyl (C=O) groups is 1. The van der Waals surface area contributed by atoms with Gasteiger partial charge in [-0.2, -0.15) is 0 Å². The van der Waals surface area contributed by atoms with Crippen LogP contribution >= 0.6 is 0 Å². The highest BCUT2D eigenvalue weighted by molar-refractivity contribution is 5.75. The van der Waals surface area contributed by atoms with Crippen molar-refractivity contribution in [2.75, 3.05) is 0 Å².